The topological polar surface area (TPSA) is 57.6 Å². The monoisotopic (exact) mass is 329 g/mol. The molecule has 0 spiro atoms. The van der Waals surface area contributed by atoms with E-state index in [1.165, 1.54) is 27.2 Å². The van der Waals surface area contributed by atoms with E-state index in [1.54, 1.807) is 0 Å². The molecule has 1 fully saturated rings. The number of aryl methyl sites for hydroxylation is 2. The van der Waals surface area contributed by atoms with Crippen molar-refractivity contribution in [2.24, 2.45) is 0 Å². The molecule has 0 saturated carbocycles. The van der Waals surface area contributed by atoms with Gasteiger partial charge in [-0.3, -0.25) is 4.79 Å². The second kappa shape index (κ2) is 6.23. The summed E-state index contributed by atoms with van der Waals surface area (Å²) in [6.45, 7) is 7.45. The van der Waals surface area contributed by atoms with Gasteiger partial charge >= 0.3 is 6.09 Å². The lowest BCUT2D eigenvalue weighted by molar-refractivity contribution is -0.124. The van der Waals surface area contributed by atoms with Crippen LogP contribution in [0.3, 0.4) is 0 Å². The highest BCUT2D eigenvalue weighted by molar-refractivity contribution is 5.91. The molecule has 1 saturated heterocycles. The number of carbonyl (C=O) groups excluding carboxylic acids is 1. The van der Waals surface area contributed by atoms with Crippen molar-refractivity contribution in [2.45, 2.75) is 64.2 Å². The average molecular weight is 329 g/mol. The average Bonchev–Trinajstić information content (AvgIpc) is 2.57. The van der Waals surface area contributed by atoms with E-state index in [4.69, 9.17) is 5.11 Å². The van der Waals surface area contributed by atoms with Crippen LogP contribution in [0.15, 0.2) is 12.1 Å². The SMILES string of the molecule is CCc1cc2c(cc1C1CCN(C(=O)O)CC1)C(C)(C)C(=O)CC2. The van der Waals surface area contributed by atoms with Gasteiger partial charge < -0.3 is 10.0 Å². The van der Waals surface area contributed by atoms with E-state index in [1.807, 2.05) is 13.8 Å². The standard InChI is InChI=1S/C20H27NO3/c1-4-13-11-15-5-6-18(22)20(2,3)17(15)12-16(13)14-7-9-21(10-8-14)19(23)24/h11-12,14H,4-10H2,1-3H3,(H,23,24). The molecule has 0 aromatic heterocycles. The fourth-order valence-electron chi connectivity index (χ4n) is 4.28. The molecule has 0 atom stereocenters. The second-order valence-corrected chi connectivity index (χ2v) is 7.65. The Balaban J connectivity index is 1.95. The number of fused-ring (bicyclic) bond motifs is 1. The van der Waals surface area contributed by atoms with Crippen LogP contribution < -0.4 is 0 Å². The largest absolute Gasteiger partial charge is 0.465 e. The van der Waals surface area contributed by atoms with Crippen molar-refractivity contribution >= 4 is 11.9 Å². The van der Waals surface area contributed by atoms with Gasteiger partial charge in [-0.2, -0.15) is 0 Å². The van der Waals surface area contributed by atoms with E-state index in [0.29, 0.717) is 31.2 Å². The Labute approximate surface area is 143 Å². The van der Waals surface area contributed by atoms with Crippen molar-refractivity contribution in [1.82, 2.24) is 4.90 Å². The van der Waals surface area contributed by atoms with Gasteiger partial charge in [-0.25, -0.2) is 4.79 Å². The summed E-state index contributed by atoms with van der Waals surface area (Å²) < 4.78 is 0. The first-order chi connectivity index (χ1) is 11.3. The number of rotatable bonds is 2. The third-order valence-electron chi connectivity index (χ3n) is 5.94. The van der Waals surface area contributed by atoms with E-state index >= 15 is 0 Å². The van der Waals surface area contributed by atoms with Gasteiger partial charge in [0, 0.05) is 24.9 Å². The van der Waals surface area contributed by atoms with Gasteiger partial charge in [-0.15, -0.1) is 0 Å². The highest BCUT2D eigenvalue weighted by atomic mass is 16.4. The smallest absolute Gasteiger partial charge is 0.407 e. The van der Waals surface area contributed by atoms with Gasteiger partial charge in [-0.1, -0.05) is 19.1 Å². The van der Waals surface area contributed by atoms with Crippen LogP contribution in [0.2, 0.25) is 0 Å². The predicted molar refractivity (Wildman–Crippen MR) is 93.7 cm³/mol. The number of ketones is 1. The predicted octanol–water partition coefficient (Wildman–Crippen LogP) is 3.90. The Bertz CT molecular complexity index is 670. The maximum absolute atomic E-state index is 12.4. The molecule has 4 nitrogen and oxygen atoms in total. The third-order valence-corrected chi connectivity index (χ3v) is 5.94. The lowest BCUT2D eigenvalue weighted by atomic mass is 9.69. The first-order valence-corrected chi connectivity index (χ1v) is 9.02. The Kier molecular flexibility index (Phi) is 4.41. The van der Waals surface area contributed by atoms with Gasteiger partial charge in [-0.05, 0) is 67.7 Å². The summed E-state index contributed by atoms with van der Waals surface area (Å²) in [7, 11) is 0. The molecule has 1 amide bonds. The van der Waals surface area contributed by atoms with Gasteiger partial charge in [0.1, 0.15) is 5.78 Å². The third kappa shape index (κ3) is 2.83. The van der Waals surface area contributed by atoms with Gasteiger partial charge in [0.2, 0.25) is 0 Å². The summed E-state index contributed by atoms with van der Waals surface area (Å²) in [6, 6.07) is 4.58. The molecule has 1 aliphatic carbocycles. The molecule has 3 rings (SSSR count). The number of hydrogen-bond acceptors (Lipinski definition) is 2. The highest BCUT2D eigenvalue weighted by Crippen LogP contribution is 2.39. The molecule has 0 unspecified atom stereocenters. The molecule has 1 aromatic carbocycles. The molecule has 1 N–H and O–H groups in total. The number of nitrogens with zero attached hydrogens (tertiary/aromatic N) is 1. The number of benzene rings is 1. The van der Waals surface area contributed by atoms with Crippen LogP contribution in [0.4, 0.5) is 4.79 Å². The maximum Gasteiger partial charge on any atom is 0.407 e. The number of carbonyl (C=O) groups is 2. The van der Waals surface area contributed by atoms with Crippen molar-refractivity contribution in [2.75, 3.05) is 13.1 Å². The van der Waals surface area contributed by atoms with E-state index in [0.717, 1.165) is 25.7 Å². The van der Waals surface area contributed by atoms with Gasteiger partial charge in [0.25, 0.3) is 0 Å². The molecular formula is C20H27NO3. The lowest BCUT2D eigenvalue weighted by Gasteiger charge is -2.35. The number of Topliss-reactive ketones (excluding diaryl/α,β-unsaturated/α-hetero) is 1. The van der Waals surface area contributed by atoms with Crippen LogP contribution >= 0.6 is 0 Å². The Hall–Kier alpha value is -1.84. The molecule has 130 valence electrons. The summed E-state index contributed by atoms with van der Waals surface area (Å²) in [4.78, 5) is 25.0. The summed E-state index contributed by atoms with van der Waals surface area (Å²) in [5.41, 5.74) is 4.81. The van der Waals surface area contributed by atoms with Crippen LogP contribution in [0, 0.1) is 0 Å². The number of hydrogen-bond donors (Lipinski definition) is 1. The molecule has 0 bridgehead atoms. The molecule has 4 heteroatoms. The van der Waals surface area contributed by atoms with Gasteiger partial charge in [0.05, 0.1) is 0 Å². The lowest BCUT2D eigenvalue weighted by Crippen LogP contribution is -2.37. The first-order valence-electron chi connectivity index (χ1n) is 9.02. The molecule has 0 radical (unpaired) electrons. The summed E-state index contributed by atoms with van der Waals surface area (Å²) in [6.07, 6.45) is 3.39. The van der Waals surface area contributed by atoms with E-state index in [-0.39, 0.29) is 0 Å². The number of likely N-dealkylation sites (tertiary alicyclic amines) is 1. The van der Waals surface area contributed by atoms with Crippen molar-refractivity contribution in [3.05, 3.63) is 34.4 Å². The van der Waals surface area contributed by atoms with Crippen molar-refractivity contribution in [3.8, 4) is 0 Å². The molecule has 2 aliphatic rings. The van der Waals surface area contributed by atoms with Crippen LogP contribution in [-0.4, -0.2) is 35.0 Å². The molecule has 24 heavy (non-hydrogen) atoms. The van der Waals surface area contributed by atoms with E-state index < -0.39 is 11.5 Å². The second-order valence-electron chi connectivity index (χ2n) is 7.65. The van der Waals surface area contributed by atoms with Crippen molar-refractivity contribution < 1.29 is 14.7 Å². The number of amides is 1. The molecular weight excluding hydrogens is 302 g/mol. The maximum atomic E-state index is 12.4. The van der Waals surface area contributed by atoms with Crippen molar-refractivity contribution in [1.29, 1.82) is 0 Å². The molecule has 1 heterocycles. The van der Waals surface area contributed by atoms with E-state index in [9.17, 15) is 9.59 Å². The van der Waals surface area contributed by atoms with Crippen LogP contribution in [0.1, 0.15) is 68.2 Å². The van der Waals surface area contributed by atoms with Crippen LogP contribution in [0.5, 0.6) is 0 Å². The van der Waals surface area contributed by atoms with Crippen LogP contribution in [0.25, 0.3) is 0 Å². The van der Waals surface area contributed by atoms with Crippen molar-refractivity contribution in [3.63, 3.8) is 0 Å². The zero-order chi connectivity index (χ0) is 17.5. The fraction of sp³-hybridized carbons (Fsp3) is 0.600. The first kappa shape index (κ1) is 17.0. The Morgan fingerprint density at radius 1 is 1.25 bits per heavy atom. The fourth-order valence-corrected chi connectivity index (χ4v) is 4.28. The summed E-state index contributed by atoms with van der Waals surface area (Å²) in [5.74, 6) is 0.722. The Morgan fingerprint density at radius 3 is 2.50 bits per heavy atom. The molecule has 1 aliphatic heterocycles. The van der Waals surface area contributed by atoms with Gasteiger partial charge in [0.15, 0.2) is 0 Å². The van der Waals surface area contributed by atoms with E-state index in [2.05, 4.69) is 19.1 Å². The van der Waals surface area contributed by atoms with Crippen LogP contribution in [-0.2, 0) is 23.1 Å². The Morgan fingerprint density at radius 2 is 1.92 bits per heavy atom. The molecule has 1 aromatic rings. The minimum Gasteiger partial charge on any atom is -0.465 e. The quantitative estimate of drug-likeness (QED) is 0.895. The zero-order valence-corrected chi connectivity index (χ0v) is 14.9. The summed E-state index contributed by atoms with van der Waals surface area (Å²) in [5, 5.41) is 9.14. The minimum atomic E-state index is -0.818. The normalized spacial score (nSPS) is 20.8. The zero-order valence-electron chi connectivity index (χ0n) is 14.9. The minimum absolute atomic E-state index is 0.325. The number of carboxylic acid groups (broad SMARTS) is 1. The summed E-state index contributed by atoms with van der Waals surface area (Å²) >= 11 is 0. The number of piperidine rings is 1. The highest BCUT2D eigenvalue weighted by Gasteiger charge is 2.36.